The van der Waals surface area contributed by atoms with E-state index >= 15 is 0 Å². The van der Waals surface area contributed by atoms with Crippen molar-refractivity contribution < 1.29 is 17.6 Å². The van der Waals surface area contributed by atoms with Crippen LogP contribution in [-0.4, -0.2) is 41.2 Å². The maximum Gasteiger partial charge on any atom is 0.264 e. The molecular formula is C24H25FN4O3S. The van der Waals surface area contributed by atoms with Crippen molar-refractivity contribution in [1.29, 1.82) is 0 Å². The number of carbonyl (C=O) groups is 1. The zero-order valence-electron chi connectivity index (χ0n) is 18.6. The van der Waals surface area contributed by atoms with E-state index in [1.165, 1.54) is 18.3 Å². The van der Waals surface area contributed by atoms with Crippen LogP contribution in [0.1, 0.15) is 11.1 Å². The summed E-state index contributed by atoms with van der Waals surface area (Å²) in [5.74, 6) is -1.18. The van der Waals surface area contributed by atoms with Crippen molar-refractivity contribution in [3.8, 4) is 0 Å². The highest BCUT2D eigenvalue weighted by Crippen LogP contribution is 2.24. The van der Waals surface area contributed by atoms with Crippen molar-refractivity contribution in [3.63, 3.8) is 0 Å². The minimum absolute atomic E-state index is 0.123. The van der Waals surface area contributed by atoms with Crippen LogP contribution in [0.2, 0.25) is 0 Å². The lowest BCUT2D eigenvalue weighted by molar-refractivity contribution is -0.119. The number of hydrogen-bond acceptors (Lipinski definition) is 5. The fraction of sp³-hybridized carbons (Fsp3) is 0.167. The van der Waals surface area contributed by atoms with E-state index in [4.69, 9.17) is 0 Å². The van der Waals surface area contributed by atoms with Crippen LogP contribution in [0.25, 0.3) is 0 Å². The maximum absolute atomic E-state index is 13.3. The van der Waals surface area contributed by atoms with Gasteiger partial charge in [0.05, 0.1) is 16.8 Å². The lowest BCUT2D eigenvalue weighted by Crippen LogP contribution is -2.39. The number of sulfonamides is 1. The van der Waals surface area contributed by atoms with Gasteiger partial charge in [-0.15, -0.1) is 0 Å². The summed E-state index contributed by atoms with van der Waals surface area (Å²) in [7, 11) is -0.252. The number of hydrogen-bond donors (Lipinski definition) is 1. The Morgan fingerprint density at radius 3 is 2.09 bits per heavy atom. The predicted octanol–water partition coefficient (Wildman–Crippen LogP) is 3.55. The molecule has 0 radical (unpaired) electrons. The van der Waals surface area contributed by atoms with Crippen molar-refractivity contribution in [3.05, 3.63) is 89.7 Å². The number of nitrogens with one attached hydrogen (secondary N) is 1. The van der Waals surface area contributed by atoms with Gasteiger partial charge in [0.25, 0.3) is 15.9 Å². The summed E-state index contributed by atoms with van der Waals surface area (Å²) < 4.78 is 40.7. The van der Waals surface area contributed by atoms with E-state index < -0.39 is 28.3 Å². The summed E-state index contributed by atoms with van der Waals surface area (Å²) in [6, 6.07) is 18.7. The van der Waals surface area contributed by atoms with Crippen molar-refractivity contribution in [1.82, 2.24) is 5.43 Å². The molecule has 0 spiro atoms. The first-order valence-corrected chi connectivity index (χ1v) is 11.5. The zero-order valence-corrected chi connectivity index (χ0v) is 19.4. The third-order valence-corrected chi connectivity index (χ3v) is 6.61. The molecule has 1 amide bonds. The standard InChI is InChI=1S/C24H25FN4O3S/c1-18-4-10-22(11-5-18)29(33(31,32)23-14-8-20(25)9-15-23)17-24(30)27-26-16-19-6-12-21(13-7-19)28(2)3/h4-16H,17H2,1-3H3,(H,27,30)/b26-16-. The second kappa shape index (κ2) is 10.3. The number of anilines is 2. The fourth-order valence-electron chi connectivity index (χ4n) is 2.96. The molecule has 1 N–H and O–H groups in total. The SMILES string of the molecule is Cc1ccc(N(CC(=O)N/N=C\c2ccc(N(C)C)cc2)S(=O)(=O)c2ccc(F)cc2)cc1. The number of halogens is 1. The number of aryl methyl sites for hydroxylation is 1. The van der Waals surface area contributed by atoms with Crippen molar-refractivity contribution in [2.45, 2.75) is 11.8 Å². The van der Waals surface area contributed by atoms with Gasteiger partial charge in [-0.25, -0.2) is 18.2 Å². The predicted molar refractivity (Wildman–Crippen MR) is 129 cm³/mol. The molecule has 0 aliphatic carbocycles. The Labute approximate surface area is 193 Å². The van der Waals surface area contributed by atoms with E-state index in [0.717, 1.165) is 33.3 Å². The molecule has 0 aliphatic heterocycles. The van der Waals surface area contributed by atoms with Crippen molar-refractivity contribution >= 4 is 33.5 Å². The van der Waals surface area contributed by atoms with Gasteiger partial charge in [0.15, 0.2) is 0 Å². The Kier molecular flexibility index (Phi) is 7.44. The summed E-state index contributed by atoms with van der Waals surface area (Å²) in [6.45, 7) is 1.37. The number of amides is 1. The topological polar surface area (TPSA) is 82.1 Å². The normalized spacial score (nSPS) is 11.4. The first-order valence-electron chi connectivity index (χ1n) is 10.1. The van der Waals surface area contributed by atoms with Gasteiger partial charge in [-0.3, -0.25) is 9.10 Å². The molecule has 3 aromatic carbocycles. The van der Waals surface area contributed by atoms with Crippen LogP contribution in [0, 0.1) is 12.7 Å². The third kappa shape index (κ3) is 6.17. The van der Waals surface area contributed by atoms with Gasteiger partial charge >= 0.3 is 0 Å². The Bertz CT molecular complexity index is 1220. The molecule has 0 unspecified atom stereocenters. The van der Waals surface area contributed by atoms with Crippen LogP contribution >= 0.6 is 0 Å². The van der Waals surface area contributed by atoms with Crippen molar-refractivity contribution in [2.75, 3.05) is 29.8 Å². The summed E-state index contributed by atoms with van der Waals surface area (Å²) >= 11 is 0. The Morgan fingerprint density at radius 1 is 0.939 bits per heavy atom. The van der Waals surface area contributed by atoms with Gasteiger partial charge in [0.2, 0.25) is 0 Å². The van der Waals surface area contributed by atoms with Crippen LogP contribution < -0.4 is 14.6 Å². The molecule has 3 aromatic rings. The molecule has 172 valence electrons. The average molecular weight is 469 g/mol. The maximum atomic E-state index is 13.3. The molecule has 0 fully saturated rings. The largest absolute Gasteiger partial charge is 0.378 e. The van der Waals surface area contributed by atoms with Gasteiger partial charge in [-0.2, -0.15) is 5.10 Å². The molecule has 0 saturated heterocycles. The highest BCUT2D eigenvalue weighted by molar-refractivity contribution is 7.92. The lowest BCUT2D eigenvalue weighted by Gasteiger charge is -2.23. The molecule has 0 aromatic heterocycles. The van der Waals surface area contributed by atoms with E-state index in [1.807, 2.05) is 50.2 Å². The summed E-state index contributed by atoms with van der Waals surface area (Å²) in [4.78, 5) is 14.4. The molecule has 0 saturated carbocycles. The number of benzene rings is 3. The van der Waals surface area contributed by atoms with E-state index in [9.17, 15) is 17.6 Å². The monoisotopic (exact) mass is 468 g/mol. The first-order chi connectivity index (χ1) is 15.7. The zero-order chi connectivity index (χ0) is 24.0. The molecular weight excluding hydrogens is 443 g/mol. The van der Waals surface area contributed by atoms with Crippen LogP contribution in [0.3, 0.4) is 0 Å². The highest BCUT2D eigenvalue weighted by atomic mass is 32.2. The summed E-state index contributed by atoms with van der Waals surface area (Å²) in [5.41, 5.74) is 5.41. The molecule has 7 nitrogen and oxygen atoms in total. The van der Waals surface area contributed by atoms with Crippen molar-refractivity contribution in [2.24, 2.45) is 5.10 Å². The van der Waals surface area contributed by atoms with Gasteiger partial charge in [-0.1, -0.05) is 29.8 Å². The van der Waals surface area contributed by atoms with Crippen LogP contribution in [0.15, 0.2) is 82.8 Å². The van der Waals surface area contributed by atoms with Gasteiger partial charge in [-0.05, 0) is 61.0 Å². The summed E-state index contributed by atoms with van der Waals surface area (Å²) in [6.07, 6.45) is 1.47. The van der Waals surface area contributed by atoms with Gasteiger partial charge in [0, 0.05) is 19.8 Å². The average Bonchev–Trinajstić information content (AvgIpc) is 2.79. The van der Waals surface area contributed by atoms with Crippen LogP contribution in [-0.2, 0) is 14.8 Å². The fourth-order valence-corrected chi connectivity index (χ4v) is 4.38. The van der Waals surface area contributed by atoms with E-state index in [1.54, 1.807) is 24.3 Å². The first kappa shape index (κ1) is 23.9. The quantitative estimate of drug-likeness (QED) is 0.405. The second-order valence-corrected chi connectivity index (χ2v) is 9.44. The number of hydrazone groups is 1. The summed E-state index contributed by atoms with van der Waals surface area (Å²) in [5, 5.41) is 3.93. The number of nitrogens with zero attached hydrogens (tertiary/aromatic N) is 3. The van der Waals surface area contributed by atoms with E-state index in [2.05, 4.69) is 10.5 Å². The molecule has 0 bridgehead atoms. The van der Waals surface area contributed by atoms with Crippen LogP contribution in [0.5, 0.6) is 0 Å². The lowest BCUT2D eigenvalue weighted by atomic mass is 10.2. The van der Waals surface area contributed by atoms with Crippen LogP contribution in [0.4, 0.5) is 15.8 Å². The smallest absolute Gasteiger partial charge is 0.264 e. The number of rotatable bonds is 8. The van der Waals surface area contributed by atoms with Gasteiger partial charge in [0.1, 0.15) is 12.4 Å². The van der Waals surface area contributed by atoms with Gasteiger partial charge < -0.3 is 4.90 Å². The third-order valence-electron chi connectivity index (χ3n) is 4.82. The molecule has 9 heteroatoms. The molecule has 0 atom stereocenters. The van der Waals surface area contributed by atoms with E-state index in [-0.39, 0.29) is 4.90 Å². The Hall–Kier alpha value is -3.72. The minimum atomic E-state index is -4.12. The Morgan fingerprint density at radius 2 is 1.52 bits per heavy atom. The highest BCUT2D eigenvalue weighted by Gasteiger charge is 2.27. The molecule has 0 heterocycles. The Balaban J connectivity index is 1.79. The second-order valence-electron chi connectivity index (χ2n) is 7.58. The molecule has 3 rings (SSSR count). The van der Waals surface area contributed by atoms with E-state index in [0.29, 0.717) is 5.69 Å². The number of carbonyl (C=O) groups excluding carboxylic acids is 1. The minimum Gasteiger partial charge on any atom is -0.378 e. The molecule has 0 aliphatic rings. The molecule has 33 heavy (non-hydrogen) atoms.